The first kappa shape index (κ1) is 18.6. The summed E-state index contributed by atoms with van der Waals surface area (Å²) in [5, 5.41) is 13.3. The molecule has 4 rings (SSSR count). The van der Waals surface area contributed by atoms with Gasteiger partial charge in [0.15, 0.2) is 0 Å². The molecule has 0 saturated heterocycles. The smallest absolute Gasteiger partial charge is 0.249 e. The van der Waals surface area contributed by atoms with Gasteiger partial charge in [-0.2, -0.15) is 0 Å². The molecule has 146 valence electrons. The summed E-state index contributed by atoms with van der Waals surface area (Å²) in [4.78, 5) is 21.1. The zero-order valence-corrected chi connectivity index (χ0v) is 15.8. The molecule has 2 aromatic heterocycles. The lowest BCUT2D eigenvalue weighted by Gasteiger charge is -2.17. The van der Waals surface area contributed by atoms with Gasteiger partial charge >= 0.3 is 0 Å². The summed E-state index contributed by atoms with van der Waals surface area (Å²) in [5.41, 5.74) is 2.11. The minimum atomic E-state index is -0.763. The van der Waals surface area contributed by atoms with E-state index in [-0.39, 0.29) is 12.5 Å². The highest BCUT2D eigenvalue weighted by atomic mass is 16.5. The van der Waals surface area contributed by atoms with Gasteiger partial charge in [0.05, 0.1) is 30.3 Å². The quantitative estimate of drug-likeness (QED) is 0.526. The van der Waals surface area contributed by atoms with Gasteiger partial charge in [-0.15, -0.1) is 0 Å². The van der Waals surface area contributed by atoms with Gasteiger partial charge < -0.3 is 19.7 Å². The van der Waals surface area contributed by atoms with Crippen molar-refractivity contribution < 1.29 is 14.6 Å². The first-order valence-electron chi connectivity index (χ1n) is 9.17. The van der Waals surface area contributed by atoms with Crippen molar-refractivity contribution in [3.8, 4) is 11.5 Å². The lowest BCUT2D eigenvalue weighted by atomic mass is 10.2. The van der Waals surface area contributed by atoms with Crippen LogP contribution in [0.5, 0.6) is 11.5 Å². The standard InChI is InChI=1S/C22H20N4O3/c1-15-11-23-14-26(15)21(13-27)22(28)25-17-9-16-10-19(7-8-20(16)24-12-17)29-18-5-3-2-4-6-18/h2-12,14,21,27H,13H2,1H3,(H,25,28). The second kappa shape index (κ2) is 8.12. The Morgan fingerprint density at radius 1 is 1.14 bits per heavy atom. The number of carbonyl (C=O) groups excluding carboxylic acids is 1. The van der Waals surface area contributed by atoms with E-state index in [1.165, 1.54) is 6.33 Å². The zero-order valence-electron chi connectivity index (χ0n) is 15.8. The molecule has 1 unspecified atom stereocenters. The van der Waals surface area contributed by atoms with Gasteiger partial charge in [0.1, 0.15) is 17.5 Å². The van der Waals surface area contributed by atoms with E-state index in [0.29, 0.717) is 11.4 Å². The summed E-state index contributed by atoms with van der Waals surface area (Å²) in [6.45, 7) is 1.49. The number of benzene rings is 2. The summed E-state index contributed by atoms with van der Waals surface area (Å²) >= 11 is 0. The van der Waals surface area contributed by atoms with Crippen molar-refractivity contribution >= 4 is 22.5 Å². The molecule has 2 N–H and O–H groups in total. The summed E-state index contributed by atoms with van der Waals surface area (Å²) in [6.07, 6.45) is 4.76. The number of amides is 1. The topological polar surface area (TPSA) is 89.3 Å². The van der Waals surface area contributed by atoms with E-state index >= 15 is 0 Å². The van der Waals surface area contributed by atoms with Crippen LogP contribution in [0.1, 0.15) is 11.7 Å². The highest BCUT2D eigenvalue weighted by molar-refractivity contribution is 5.95. The number of para-hydroxylation sites is 1. The van der Waals surface area contributed by atoms with E-state index in [9.17, 15) is 9.90 Å². The number of fused-ring (bicyclic) bond motifs is 1. The van der Waals surface area contributed by atoms with E-state index < -0.39 is 6.04 Å². The third-order valence-corrected chi connectivity index (χ3v) is 4.57. The maximum absolute atomic E-state index is 12.7. The molecule has 0 radical (unpaired) electrons. The van der Waals surface area contributed by atoms with Crippen molar-refractivity contribution in [2.24, 2.45) is 0 Å². The molecule has 1 amide bonds. The van der Waals surface area contributed by atoms with Crippen LogP contribution in [0.3, 0.4) is 0 Å². The molecule has 0 fully saturated rings. The van der Waals surface area contributed by atoms with Crippen LogP contribution in [-0.2, 0) is 4.79 Å². The molecule has 0 aliphatic rings. The van der Waals surface area contributed by atoms with Gasteiger partial charge in [-0.1, -0.05) is 18.2 Å². The van der Waals surface area contributed by atoms with Crippen molar-refractivity contribution in [1.29, 1.82) is 0 Å². The number of aryl methyl sites for hydroxylation is 1. The average molecular weight is 388 g/mol. The molecule has 0 spiro atoms. The van der Waals surface area contributed by atoms with Gasteiger partial charge in [-0.25, -0.2) is 4.98 Å². The van der Waals surface area contributed by atoms with Gasteiger partial charge in [-0.3, -0.25) is 9.78 Å². The number of anilines is 1. The number of rotatable bonds is 6. The fourth-order valence-electron chi connectivity index (χ4n) is 3.09. The number of nitrogens with one attached hydrogen (secondary N) is 1. The second-order valence-corrected chi connectivity index (χ2v) is 6.62. The van der Waals surface area contributed by atoms with E-state index in [1.807, 2.05) is 61.5 Å². The van der Waals surface area contributed by atoms with Crippen LogP contribution in [0.4, 0.5) is 5.69 Å². The fourth-order valence-corrected chi connectivity index (χ4v) is 3.09. The predicted octanol–water partition coefficient (Wildman–Crippen LogP) is 3.70. The molecular weight excluding hydrogens is 368 g/mol. The van der Waals surface area contributed by atoms with E-state index in [0.717, 1.165) is 22.3 Å². The molecule has 7 nitrogen and oxygen atoms in total. The molecule has 4 aromatic rings. The number of aromatic nitrogens is 3. The Kier molecular flexibility index (Phi) is 5.22. The van der Waals surface area contributed by atoms with Crippen molar-refractivity contribution in [2.75, 3.05) is 11.9 Å². The predicted molar refractivity (Wildman–Crippen MR) is 110 cm³/mol. The Balaban J connectivity index is 1.56. The van der Waals surface area contributed by atoms with Gasteiger partial charge in [0.2, 0.25) is 5.91 Å². The lowest BCUT2D eigenvalue weighted by molar-refractivity contribution is -0.120. The molecular formula is C22H20N4O3. The highest BCUT2D eigenvalue weighted by Gasteiger charge is 2.21. The minimum Gasteiger partial charge on any atom is -0.457 e. The normalized spacial score (nSPS) is 11.9. The van der Waals surface area contributed by atoms with Crippen LogP contribution >= 0.6 is 0 Å². The number of aliphatic hydroxyl groups is 1. The first-order valence-corrected chi connectivity index (χ1v) is 9.17. The van der Waals surface area contributed by atoms with Crippen LogP contribution in [0.2, 0.25) is 0 Å². The first-order chi connectivity index (χ1) is 14.1. The third kappa shape index (κ3) is 4.09. The van der Waals surface area contributed by atoms with Crippen LogP contribution in [-0.4, -0.2) is 32.2 Å². The third-order valence-electron chi connectivity index (χ3n) is 4.57. The van der Waals surface area contributed by atoms with Crippen molar-refractivity contribution in [3.05, 3.63) is 79.0 Å². The maximum Gasteiger partial charge on any atom is 0.249 e. The molecule has 2 aromatic carbocycles. The molecule has 1 atom stereocenters. The Bertz CT molecular complexity index is 1140. The summed E-state index contributed by atoms with van der Waals surface area (Å²) in [7, 11) is 0. The number of carbonyl (C=O) groups is 1. The number of nitrogens with zero attached hydrogens (tertiary/aromatic N) is 3. The molecule has 0 saturated carbocycles. The summed E-state index contributed by atoms with van der Waals surface area (Å²) < 4.78 is 7.50. The summed E-state index contributed by atoms with van der Waals surface area (Å²) in [6, 6.07) is 16.2. The average Bonchev–Trinajstić information content (AvgIpc) is 3.15. The van der Waals surface area contributed by atoms with Crippen LogP contribution in [0.15, 0.2) is 73.3 Å². The van der Waals surface area contributed by atoms with E-state index in [1.54, 1.807) is 17.0 Å². The monoisotopic (exact) mass is 388 g/mol. The number of hydrogen-bond donors (Lipinski definition) is 2. The molecule has 0 aliphatic heterocycles. The van der Waals surface area contributed by atoms with Crippen LogP contribution in [0.25, 0.3) is 10.9 Å². The molecule has 2 heterocycles. The molecule has 0 aliphatic carbocycles. The Morgan fingerprint density at radius 3 is 2.69 bits per heavy atom. The maximum atomic E-state index is 12.7. The van der Waals surface area contributed by atoms with Gasteiger partial charge in [0, 0.05) is 17.3 Å². The van der Waals surface area contributed by atoms with Crippen LogP contribution in [0, 0.1) is 6.92 Å². The van der Waals surface area contributed by atoms with Crippen LogP contribution < -0.4 is 10.1 Å². The zero-order chi connectivity index (χ0) is 20.2. The van der Waals surface area contributed by atoms with E-state index in [2.05, 4.69) is 15.3 Å². The molecule has 7 heteroatoms. The Morgan fingerprint density at radius 2 is 1.97 bits per heavy atom. The largest absolute Gasteiger partial charge is 0.457 e. The number of hydrogen-bond acceptors (Lipinski definition) is 5. The SMILES string of the molecule is Cc1cncn1C(CO)C(=O)Nc1cnc2ccc(Oc3ccccc3)cc2c1. The second-order valence-electron chi connectivity index (χ2n) is 6.62. The van der Waals surface area contributed by atoms with Crippen molar-refractivity contribution in [3.63, 3.8) is 0 Å². The molecule has 0 bridgehead atoms. The highest BCUT2D eigenvalue weighted by Crippen LogP contribution is 2.26. The number of aliphatic hydroxyl groups excluding tert-OH is 1. The lowest BCUT2D eigenvalue weighted by Crippen LogP contribution is -2.29. The fraction of sp³-hybridized carbons (Fsp3) is 0.136. The van der Waals surface area contributed by atoms with Crippen molar-refractivity contribution in [1.82, 2.24) is 14.5 Å². The molecule has 29 heavy (non-hydrogen) atoms. The van der Waals surface area contributed by atoms with Gasteiger partial charge in [-0.05, 0) is 43.3 Å². The number of ether oxygens (including phenoxy) is 1. The van der Waals surface area contributed by atoms with E-state index in [4.69, 9.17) is 4.74 Å². The Hall–Kier alpha value is -3.71. The summed E-state index contributed by atoms with van der Waals surface area (Å²) in [5.74, 6) is 1.08. The van der Waals surface area contributed by atoms with Gasteiger partial charge in [0.25, 0.3) is 0 Å². The Labute approximate surface area is 167 Å². The number of imidazole rings is 1. The van der Waals surface area contributed by atoms with Crippen molar-refractivity contribution in [2.45, 2.75) is 13.0 Å². The number of pyridine rings is 1. The minimum absolute atomic E-state index is 0.334.